The van der Waals surface area contributed by atoms with Crippen molar-refractivity contribution in [1.29, 1.82) is 0 Å². The summed E-state index contributed by atoms with van der Waals surface area (Å²) in [5.74, 6) is 1.76. The van der Waals surface area contributed by atoms with Gasteiger partial charge in [0.2, 0.25) is 0 Å². The first-order chi connectivity index (χ1) is 10.9. The highest BCUT2D eigenvalue weighted by molar-refractivity contribution is 5.80. The Bertz CT molecular complexity index is 762. The highest BCUT2D eigenvalue weighted by atomic mass is 15.2. The minimum absolute atomic E-state index is 0.653. The zero-order valence-electron chi connectivity index (χ0n) is 12.5. The van der Waals surface area contributed by atoms with Crippen LogP contribution in [-0.2, 0) is 0 Å². The van der Waals surface area contributed by atoms with E-state index >= 15 is 0 Å². The molecule has 3 nitrogen and oxygen atoms in total. The second-order valence-corrected chi connectivity index (χ2v) is 5.90. The predicted octanol–water partition coefficient (Wildman–Crippen LogP) is 4.01. The van der Waals surface area contributed by atoms with E-state index in [1.807, 2.05) is 12.4 Å². The van der Waals surface area contributed by atoms with Crippen LogP contribution in [-0.4, -0.2) is 23.1 Å². The third-order valence-electron chi connectivity index (χ3n) is 4.58. The molecule has 0 saturated carbocycles. The smallest absolute Gasteiger partial charge is 0.129 e. The molecule has 1 aliphatic rings. The van der Waals surface area contributed by atoms with Gasteiger partial charge in [-0.05, 0) is 54.7 Å². The third-order valence-corrected chi connectivity index (χ3v) is 4.58. The second-order valence-electron chi connectivity index (χ2n) is 5.90. The number of piperidine rings is 1. The van der Waals surface area contributed by atoms with Crippen LogP contribution in [0.2, 0.25) is 0 Å². The fraction of sp³-hybridized carbons (Fsp3) is 0.263. The summed E-state index contributed by atoms with van der Waals surface area (Å²) in [4.78, 5) is 11.3. The molecule has 0 aliphatic carbocycles. The molecule has 2 aromatic heterocycles. The number of rotatable bonds is 2. The van der Waals surface area contributed by atoms with E-state index in [0.717, 1.165) is 24.4 Å². The Morgan fingerprint density at radius 3 is 2.45 bits per heavy atom. The Hall–Kier alpha value is -2.42. The van der Waals surface area contributed by atoms with E-state index in [2.05, 4.69) is 58.4 Å². The van der Waals surface area contributed by atoms with Crippen LogP contribution in [0.3, 0.4) is 0 Å². The maximum atomic E-state index is 4.81. The molecule has 22 heavy (non-hydrogen) atoms. The van der Waals surface area contributed by atoms with Gasteiger partial charge in [0.05, 0.1) is 5.52 Å². The van der Waals surface area contributed by atoms with Gasteiger partial charge in [0.15, 0.2) is 0 Å². The van der Waals surface area contributed by atoms with Gasteiger partial charge in [-0.25, -0.2) is 4.98 Å². The molecule has 110 valence electrons. The minimum atomic E-state index is 0.653. The van der Waals surface area contributed by atoms with Gasteiger partial charge >= 0.3 is 0 Å². The summed E-state index contributed by atoms with van der Waals surface area (Å²) in [5.41, 5.74) is 2.50. The first-order valence-corrected chi connectivity index (χ1v) is 7.91. The number of para-hydroxylation sites is 1. The average Bonchev–Trinajstić information content (AvgIpc) is 2.62. The van der Waals surface area contributed by atoms with Gasteiger partial charge in [-0.15, -0.1) is 0 Å². The van der Waals surface area contributed by atoms with Gasteiger partial charge in [-0.1, -0.05) is 18.2 Å². The van der Waals surface area contributed by atoms with Gasteiger partial charge < -0.3 is 4.90 Å². The largest absolute Gasteiger partial charge is 0.357 e. The van der Waals surface area contributed by atoms with E-state index in [1.54, 1.807) is 0 Å². The van der Waals surface area contributed by atoms with Gasteiger partial charge in [0.1, 0.15) is 5.82 Å². The molecule has 4 rings (SSSR count). The van der Waals surface area contributed by atoms with Crippen LogP contribution in [0.4, 0.5) is 5.82 Å². The number of fused-ring (bicyclic) bond motifs is 1. The van der Waals surface area contributed by atoms with E-state index in [4.69, 9.17) is 4.98 Å². The van der Waals surface area contributed by atoms with Crippen molar-refractivity contribution in [2.75, 3.05) is 18.0 Å². The van der Waals surface area contributed by atoms with Gasteiger partial charge in [0.25, 0.3) is 0 Å². The lowest BCUT2D eigenvalue weighted by Gasteiger charge is -2.33. The fourth-order valence-corrected chi connectivity index (χ4v) is 3.31. The number of nitrogens with zero attached hydrogens (tertiary/aromatic N) is 3. The summed E-state index contributed by atoms with van der Waals surface area (Å²) < 4.78 is 0. The summed E-state index contributed by atoms with van der Waals surface area (Å²) >= 11 is 0. The highest BCUT2D eigenvalue weighted by Crippen LogP contribution is 2.30. The number of anilines is 1. The van der Waals surface area contributed by atoms with Crippen molar-refractivity contribution in [3.05, 3.63) is 66.5 Å². The molecule has 0 atom stereocenters. The Kier molecular flexibility index (Phi) is 3.47. The Labute approximate surface area is 130 Å². The Morgan fingerprint density at radius 1 is 0.864 bits per heavy atom. The van der Waals surface area contributed by atoms with Crippen LogP contribution in [0.1, 0.15) is 24.3 Å². The van der Waals surface area contributed by atoms with Gasteiger partial charge in [-0.3, -0.25) is 4.98 Å². The maximum absolute atomic E-state index is 4.81. The molecule has 1 aromatic carbocycles. The molecule has 0 bridgehead atoms. The molecule has 3 heteroatoms. The van der Waals surface area contributed by atoms with Crippen molar-refractivity contribution >= 4 is 16.7 Å². The first-order valence-electron chi connectivity index (χ1n) is 7.91. The lowest BCUT2D eigenvalue weighted by atomic mass is 9.90. The van der Waals surface area contributed by atoms with Crippen LogP contribution in [0.25, 0.3) is 10.9 Å². The molecule has 1 saturated heterocycles. The molecule has 0 spiro atoms. The van der Waals surface area contributed by atoms with Crippen LogP contribution in [0, 0.1) is 0 Å². The number of benzene rings is 1. The molecule has 0 radical (unpaired) electrons. The van der Waals surface area contributed by atoms with Crippen molar-refractivity contribution in [2.45, 2.75) is 18.8 Å². The fourth-order valence-electron chi connectivity index (χ4n) is 3.31. The number of hydrogen-bond acceptors (Lipinski definition) is 3. The highest BCUT2D eigenvalue weighted by Gasteiger charge is 2.21. The van der Waals surface area contributed by atoms with Crippen LogP contribution >= 0.6 is 0 Å². The normalized spacial score (nSPS) is 16.1. The van der Waals surface area contributed by atoms with Gasteiger partial charge in [-0.2, -0.15) is 0 Å². The van der Waals surface area contributed by atoms with Crippen molar-refractivity contribution in [2.24, 2.45) is 0 Å². The van der Waals surface area contributed by atoms with Crippen molar-refractivity contribution in [3.63, 3.8) is 0 Å². The standard InChI is InChI=1S/C19H19N3/c1-2-4-18-17(3-1)5-6-19(21-18)22-13-9-16(10-14-22)15-7-11-20-12-8-15/h1-8,11-12,16H,9-10,13-14H2. The molecule has 0 amide bonds. The maximum Gasteiger partial charge on any atom is 0.129 e. The lowest BCUT2D eigenvalue weighted by Crippen LogP contribution is -2.33. The summed E-state index contributed by atoms with van der Waals surface area (Å²) in [5, 5.41) is 1.21. The van der Waals surface area contributed by atoms with E-state index < -0.39 is 0 Å². The van der Waals surface area contributed by atoms with Gasteiger partial charge in [0, 0.05) is 30.9 Å². The van der Waals surface area contributed by atoms with Crippen LogP contribution in [0.5, 0.6) is 0 Å². The summed E-state index contributed by atoms with van der Waals surface area (Å²) in [6, 6.07) is 16.9. The quantitative estimate of drug-likeness (QED) is 0.713. The van der Waals surface area contributed by atoms with Crippen LogP contribution in [0.15, 0.2) is 60.9 Å². The average molecular weight is 289 g/mol. The van der Waals surface area contributed by atoms with Crippen molar-refractivity contribution in [1.82, 2.24) is 9.97 Å². The zero-order chi connectivity index (χ0) is 14.8. The molecule has 1 aliphatic heterocycles. The monoisotopic (exact) mass is 289 g/mol. The second kappa shape index (κ2) is 5.76. The summed E-state index contributed by atoms with van der Waals surface area (Å²) in [7, 11) is 0. The molecule has 3 aromatic rings. The minimum Gasteiger partial charge on any atom is -0.357 e. The molecule has 3 heterocycles. The van der Waals surface area contributed by atoms with E-state index in [0.29, 0.717) is 5.92 Å². The number of hydrogen-bond donors (Lipinski definition) is 0. The summed E-state index contributed by atoms with van der Waals surface area (Å²) in [6.07, 6.45) is 6.15. The van der Waals surface area contributed by atoms with E-state index in [1.165, 1.54) is 23.8 Å². The topological polar surface area (TPSA) is 29.0 Å². The van der Waals surface area contributed by atoms with E-state index in [9.17, 15) is 0 Å². The summed E-state index contributed by atoms with van der Waals surface area (Å²) in [6.45, 7) is 2.14. The van der Waals surface area contributed by atoms with Crippen LogP contribution < -0.4 is 4.90 Å². The zero-order valence-corrected chi connectivity index (χ0v) is 12.5. The number of aromatic nitrogens is 2. The molecular weight excluding hydrogens is 270 g/mol. The first kappa shape index (κ1) is 13.3. The molecule has 0 N–H and O–H groups in total. The SMILES string of the molecule is c1ccc2nc(N3CCC(c4ccncc4)CC3)ccc2c1. The van der Waals surface area contributed by atoms with Crippen molar-refractivity contribution in [3.8, 4) is 0 Å². The van der Waals surface area contributed by atoms with E-state index in [-0.39, 0.29) is 0 Å². The van der Waals surface area contributed by atoms with Crippen molar-refractivity contribution < 1.29 is 0 Å². The Morgan fingerprint density at radius 2 is 1.64 bits per heavy atom. The number of pyridine rings is 2. The Balaban J connectivity index is 1.50. The predicted molar refractivity (Wildman–Crippen MR) is 90.2 cm³/mol. The molecule has 0 unspecified atom stereocenters. The molecule has 1 fully saturated rings. The molecular formula is C19H19N3. The lowest BCUT2D eigenvalue weighted by molar-refractivity contribution is 0.503. The third kappa shape index (κ3) is 2.54.